The van der Waals surface area contributed by atoms with E-state index in [9.17, 15) is 9.59 Å². The van der Waals surface area contributed by atoms with Crippen LogP contribution in [0.4, 0.5) is 0 Å². The Morgan fingerprint density at radius 3 is 2.48 bits per heavy atom. The first kappa shape index (κ1) is 17.0. The molecule has 2 amide bonds. The van der Waals surface area contributed by atoms with Gasteiger partial charge in [-0.3, -0.25) is 20.4 Å². The summed E-state index contributed by atoms with van der Waals surface area (Å²) in [5.41, 5.74) is 6.20. The van der Waals surface area contributed by atoms with Crippen molar-refractivity contribution in [3.05, 3.63) is 64.1 Å². The first-order valence-electron chi connectivity index (χ1n) is 7.10. The summed E-state index contributed by atoms with van der Waals surface area (Å²) in [5.74, 6) is 0.0437. The minimum absolute atomic E-state index is 0.143. The molecule has 0 saturated carbocycles. The molecule has 0 aliphatic heterocycles. The van der Waals surface area contributed by atoms with Gasteiger partial charge in [0.15, 0.2) is 0 Å². The third kappa shape index (κ3) is 5.10. The van der Waals surface area contributed by atoms with Crippen molar-refractivity contribution in [3.63, 3.8) is 0 Å². The molecule has 0 atom stereocenters. The van der Waals surface area contributed by atoms with Gasteiger partial charge in [-0.05, 0) is 46.6 Å². The van der Waals surface area contributed by atoms with Crippen LogP contribution in [0, 0.1) is 6.92 Å². The van der Waals surface area contributed by atoms with Gasteiger partial charge in [0.25, 0.3) is 5.91 Å². The van der Waals surface area contributed by atoms with Gasteiger partial charge >= 0.3 is 0 Å². The van der Waals surface area contributed by atoms with E-state index in [0.717, 1.165) is 11.3 Å². The average Bonchev–Trinajstić information content (AvgIpc) is 2.55. The number of carbonyl (C=O) groups excluding carboxylic acids is 2. The van der Waals surface area contributed by atoms with Crippen LogP contribution in [0.2, 0.25) is 0 Å². The van der Waals surface area contributed by atoms with Gasteiger partial charge in [-0.15, -0.1) is 0 Å². The van der Waals surface area contributed by atoms with Crippen molar-refractivity contribution in [1.82, 2.24) is 10.9 Å². The van der Waals surface area contributed by atoms with Crippen LogP contribution in [0.5, 0.6) is 5.75 Å². The van der Waals surface area contributed by atoms with Gasteiger partial charge in [0.05, 0.1) is 18.6 Å². The van der Waals surface area contributed by atoms with Crippen LogP contribution in [-0.4, -0.2) is 18.4 Å². The zero-order chi connectivity index (χ0) is 16.7. The second-order valence-electron chi connectivity index (χ2n) is 4.85. The van der Waals surface area contributed by atoms with Crippen LogP contribution >= 0.6 is 15.9 Å². The largest absolute Gasteiger partial charge is 0.493 e. The van der Waals surface area contributed by atoms with Crippen molar-refractivity contribution < 1.29 is 14.3 Å². The van der Waals surface area contributed by atoms with Gasteiger partial charge in [-0.2, -0.15) is 0 Å². The summed E-state index contributed by atoms with van der Waals surface area (Å²) in [6.45, 7) is 2.18. The highest BCUT2D eigenvalue weighted by Gasteiger charge is 2.10. The molecule has 6 heteroatoms. The van der Waals surface area contributed by atoms with Gasteiger partial charge in [0.1, 0.15) is 5.75 Å². The van der Waals surface area contributed by atoms with E-state index in [1.807, 2.05) is 37.3 Å². The third-order valence-electron chi connectivity index (χ3n) is 3.11. The van der Waals surface area contributed by atoms with Gasteiger partial charge in [0.2, 0.25) is 5.91 Å². The third-order valence-corrected chi connectivity index (χ3v) is 3.81. The molecule has 0 heterocycles. The van der Waals surface area contributed by atoms with Crippen molar-refractivity contribution in [2.24, 2.45) is 0 Å². The number of hydrazine groups is 1. The molecular weight excluding hydrogens is 360 g/mol. The van der Waals surface area contributed by atoms with Crippen molar-refractivity contribution in [3.8, 4) is 5.75 Å². The Morgan fingerprint density at radius 2 is 1.74 bits per heavy atom. The van der Waals surface area contributed by atoms with Crippen LogP contribution < -0.4 is 15.6 Å². The number of aryl methyl sites for hydroxylation is 1. The number of benzene rings is 2. The SMILES string of the molecule is Cc1ccccc1OCCC(=O)NNC(=O)c1ccccc1Br. The van der Waals surface area contributed by atoms with E-state index < -0.39 is 0 Å². The van der Waals surface area contributed by atoms with E-state index in [2.05, 4.69) is 26.8 Å². The van der Waals surface area contributed by atoms with Crippen molar-refractivity contribution >= 4 is 27.7 Å². The van der Waals surface area contributed by atoms with Crippen LogP contribution in [0.15, 0.2) is 53.0 Å². The molecule has 0 saturated heterocycles. The molecule has 2 aromatic rings. The molecule has 2 rings (SSSR count). The lowest BCUT2D eigenvalue weighted by Gasteiger charge is -2.10. The molecule has 5 nitrogen and oxygen atoms in total. The van der Waals surface area contributed by atoms with E-state index in [4.69, 9.17) is 4.74 Å². The number of ether oxygens (including phenoxy) is 1. The Bertz CT molecular complexity index is 704. The summed E-state index contributed by atoms with van der Waals surface area (Å²) in [6, 6.07) is 14.6. The summed E-state index contributed by atoms with van der Waals surface area (Å²) in [4.78, 5) is 23.6. The standard InChI is InChI=1S/C17H17BrN2O3/c1-12-6-2-5-9-15(12)23-11-10-16(21)19-20-17(22)13-7-3-4-8-14(13)18/h2-9H,10-11H2,1H3,(H,19,21)(H,20,22). The molecule has 0 aliphatic carbocycles. The molecule has 2 N–H and O–H groups in total. The number of hydrogen-bond donors (Lipinski definition) is 2. The molecule has 23 heavy (non-hydrogen) atoms. The Balaban J connectivity index is 1.74. The van der Waals surface area contributed by atoms with Crippen LogP contribution in [-0.2, 0) is 4.79 Å². The minimum Gasteiger partial charge on any atom is -0.493 e. The molecule has 0 bridgehead atoms. The number of carbonyl (C=O) groups is 2. The predicted octanol–water partition coefficient (Wildman–Crippen LogP) is 2.99. The maximum absolute atomic E-state index is 11.9. The summed E-state index contributed by atoms with van der Waals surface area (Å²) >= 11 is 3.28. The highest BCUT2D eigenvalue weighted by Crippen LogP contribution is 2.16. The summed E-state index contributed by atoms with van der Waals surface area (Å²) in [5, 5.41) is 0. The van der Waals surface area contributed by atoms with E-state index in [0.29, 0.717) is 10.0 Å². The zero-order valence-corrected chi connectivity index (χ0v) is 14.2. The molecule has 2 aromatic carbocycles. The second-order valence-corrected chi connectivity index (χ2v) is 5.70. The summed E-state index contributed by atoms with van der Waals surface area (Å²) in [7, 11) is 0. The van der Waals surface area contributed by atoms with Crippen molar-refractivity contribution in [2.45, 2.75) is 13.3 Å². The predicted molar refractivity (Wildman–Crippen MR) is 91.0 cm³/mol. The second kappa shape index (κ2) is 8.33. The average molecular weight is 377 g/mol. The molecular formula is C17H17BrN2O3. The van der Waals surface area contributed by atoms with Crippen LogP contribution in [0.25, 0.3) is 0 Å². The fourth-order valence-electron chi connectivity index (χ4n) is 1.87. The molecule has 0 fully saturated rings. The fraction of sp³-hybridized carbons (Fsp3) is 0.176. The van der Waals surface area contributed by atoms with Crippen molar-refractivity contribution in [1.29, 1.82) is 0 Å². The lowest BCUT2D eigenvalue weighted by atomic mass is 10.2. The van der Waals surface area contributed by atoms with Gasteiger partial charge in [0, 0.05) is 4.47 Å². The van der Waals surface area contributed by atoms with Crippen LogP contribution in [0.3, 0.4) is 0 Å². The zero-order valence-electron chi connectivity index (χ0n) is 12.6. The molecule has 0 aliphatic rings. The van der Waals surface area contributed by atoms with Crippen molar-refractivity contribution in [2.75, 3.05) is 6.61 Å². The van der Waals surface area contributed by atoms with Gasteiger partial charge in [-0.25, -0.2) is 0 Å². The quantitative estimate of drug-likeness (QED) is 0.788. The van der Waals surface area contributed by atoms with E-state index in [-0.39, 0.29) is 24.8 Å². The Hall–Kier alpha value is -2.34. The molecule has 0 radical (unpaired) electrons. The highest BCUT2D eigenvalue weighted by atomic mass is 79.9. The van der Waals surface area contributed by atoms with Crippen LogP contribution in [0.1, 0.15) is 22.3 Å². The Morgan fingerprint density at radius 1 is 1.04 bits per heavy atom. The normalized spacial score (nSPS) is 10.0. The van der Waals surface area contributed by atoms with E-state index >= 15 is 0 Å². The summed E-state index contributed by atoms with van der Waals surface area (Å²) in [6.07, 6.45) is 0.143. The molecule has 120 valence electrons. The lowest BCUT2D eigenvalue weighted by molar-refractivity contribution is -0.122. The summed E-state index contributed by atoms with van der Waals surface area (Å²) < 4.78 is 6.20. The minimum atomic E-state index is -0.384. The Kier molecular flexibility index (Phi) is 6.17. The smallest absolute Gasteiger partial charge is 0.270 e. The van der Waals surface area contributed by atoms with Gasteiger partial charge < -0.3 is 4.74 Å². The van der Waals surface area contributed by atoms with E-state index in [1.54, 1.807) is 18.2 Å². The lowest BCUT2D eigenvalue weighted by Crippen LogP contribution is -2.42. The number of rotatable bonds is 5. The first-order valence-corrected chi connectivity index (χ1v) is 7.89. The maximum Gasteiger partial charge on any atom is 0.270 e. The number of nitrogens with one attached hydrogen (secondary N) is 2. The molecule has 0 aromatic heterocycles. The number of hydrogen-bond acceptors (Lipinski definition) is 3. The highest BCUT2D eigenvalue weighted by molar-refractivity contribution is 9.10. The number of amides is 2. The Labute approximate surface area is 143 Å². The fourth-order valence-corrected chi connectivity index (χ4v) is 2.34. The maximum atomic E-state index is 11.9. The number of para-hydroxylation sites is 1. The monoisotopic (exact) mass is 376 g/mol. The molecule has 0 spiro atoms. The first-order chi connectivity index (χ1) is 11.1. The molecule has 0 unspecified atom stereocenters. The van der Waals surface area contributed by atoms with Gasteiger partial charge in [-0.1, -0.05) is 30.3 Å². The van der Waals surface area contributed by atoms with E-state index in [1.165, 1.54) is 0 Å². The number of halogens is 1. The topological polar surface area (TPSA) is 67.4 Å².